The molecule has 0 bridgehead atoms. The Kier molecular flexibility index (Phi) is 8.27. The van der Waals surface area contributed by atoms with Gasteiger partial charge in [-0.1, -0.05) is 29.0 Å². The summed E-state index contributed by atoms with van der Waals surface area (Å²) >= 11 is 7.68. The second-order valence-corrected chi connectivity index (χ2v) is 10.1. The predicted octanol–water partition coefficient (Wildman–Crippen LogP) is 4.31. The van der Waals surface area contributed by atoms with E-state index in [1.807, 2.05) is 19.1 Å². The van der Waals surface area contributed by atoms with Crippen molar-refractivity contribution in [3.8, 4) is 0 Å². The monoisotopic (exact) mass is 548 g/mol. The van der Waals surface area contributed by atoms with Crippen molar-refractivity contribution in [2.24, 2.45) is 0 Å². The third-order valence-corrected chi connectivity index (χ3v) is 7.50. The number of hydrogen-bond acceptors (Lipinski definition) is 7. The van der Waals surface area contributed by atoms with E-state index in [1.54, 1.807) is 29.2 Å². The highest BCUT2D eigenvalue weighted by molar-refractivity contribution is 7.22. The molecule has 11 heteroatoms. The van der Waals surface area contributed by atoms with E-state index in [2.05, 4.69) is 4.90 Å². The average Bonchev–Trinajstić information content (AvgIpc) is 3.42. The van der Waals surface area contributed by atoms with Gasteiger partial charge in [-0.3, -0.25) is 29.1 Å². The van der Waals surface area contributed by atoms with Gasteiger partial charge in [-0.25, -0.2) is 4.98 Å². The Morgan fingerprint density at radius 1 is 1.14 bits per heavy atom. The van der Waals surface area contributed by atoms with Gasteiger partial charge >= 0.3 is 0 Å². The largest absolute Gasteiger partial charge is 0.379 e. The Hall–Kier alpha value is -2.56. The topological polar surface area (TPSA) is 83.0 Å². The van der Waals surface area contributed by atoms with Crippen molar-refractivity contribution in [2.75, 3.05) is 49.2 Å². The average molecular weight is 549 g/mol. The quantitative estimate of drug-likeness (QED) is 0.427. The van der Waals surface area contributed by atoms with Crippen molar-refractivity contribution in [3.63, 3.8) is 0 Å². The SMILES string of the molecule is Cc1cc(Cl)cc2sc(N(CCN3CCOCC3)C(=O)c3cccc(N4C(=O)CCC4=O)c3)nc12.Cl. The molecule has 5 rings (SSSR count). The summed E-state index contributed by atoms with van der Waals surface area (Å²) in [5, 5.41) is 1.21. The smallest absolute Gasteiger partial charge is 0.260 e. The Morgan fingerprint density at radius 2 is 1.86 bits per heavy atom. The minimum absolute atomic E-state index is 0. The first-order chi connectivity index (χ1) is 16.9. The molecule has 8 nitrogen and oxygen atoms in total. The summed E-state index contributed by atoms with van der Waals surface area (Å²) in [6.07, 6.45) is 0.382. The lowest BCUT2D eigenvalue weighted by molar-refractivity contribution is -0.121. The number of ether oxygens (including phenoxy) is 1. The molecule has 0 spiro atoms. The van der Waals surface area contributed by atoms with Crippen LogP contribution in [0.15, 0.2) is 36.4 Å². The second-order valence-electron chi connectivity index (χ2n) is 8.65. The highest BCUT2D eigenvalue weighted by Gasteiger charge is 2.31. The maximum atomic E-state index is 13.8. The molecule has 3 amide bonds. The van der Waals surface area contributed by atoms with E-state index in [1.165, 1.54) is 11.3 Å². The fraction of sp³-hybridized carbons (Fsp3) is 0.360. The normalized spacial score (nSPS) is 16.4. The number of morpholine rings is 1. The predicted molar refractivity (Wildman–Crippen MR) is 144 cm³/mol. The first-order valence-electron chi connectivity index (χ1n) is 11.6. The fourth-order valence-electron chi connectivity index (χ4n) is 4.41. The Bertz CT molecular complexity index is 1290. The van der Waals surface area contributed by atoms with Crippen molar-refractivity contribution in [1.29, 1.82) is 0 Å². The van der Waals surface area contributed by atoms with E-state index in [-0.39, 0.29) is 43.0 Å². The van der Waals surface area contributed by atoms with Gasteiger partial charge in [-0.05, 0) is 42.8 Å². The van der Waals surface area contributed by atoms with Crippen LogP contribution >= 0.6 is 35.3 Å². The van der Waals surface area contributed by atoms with Crippen molar-refractivity contribution in [2.45, 2.75) is 19.8 Å². The summed E-state index contributed by atoms with van der Waals surface area (Å²) in [5.41, 5.74) is 2.58. The molecule has 0 saturated carbocycles. The maximum absolute atomic E-state index is 13.8. The lowest BCUT2D eigenvalue weighted by Crippen LogP contribution is -2.43. The summed E-state index contributed by atoms with van der Waals surface area (Å²) in [6.45, 7) is 6.03. The number of rotatable bonds is 6. The second kappa shape index (κ2) is 11.2. The molecule has 0 radical (unpaired) electrons. The van der Waals surface area contributed by atoms with Gasteiger partial charge in [0.2, 0.25) is 11.8 Å². The number of carbonyl (C=O) groups excluding carboxylic acids is 3. The van der Waals surface area contributed by atoms with E-state index in [0.717, 1.165) is 33.8 Å². The van der Waals surface area contributed by atoms with Crippen LogP contribution in [0.3, 0.4) is 0 Å². The molecule has 2 saturated heterocycles. The van der Waals surface area contributed by atoms with Crippen LogP contribution < -0.4 is 9.80 Å². The number of benzene rings is 2. The molecule has 2 aliphatic heterocycles. The molecule has 3 heterocycles. The van der Waals surface area contributed by atoms with Crippen LogP contribution in [0.25, 0.3) is 10.2 Å². The maximum Gasteiger partial charge on any atom is 0.260 e. The first-order valence-corrected chi connectivity index (χ1v) is 12.7. The number of carbonyl (C=O) groups is 3. The van der Waals surface area contributed by atoms with Gasteiger partial charge in [0.25, 0.3) is 5.91 Å². The zero-order valence-corrected chi connectivity index (χ0v) is 22.1. The zero-order valence-electron chi connectivity index (χ0n) is 19.7. The van der Waals surface area contributed by atoms with Crippen LogP contribution in [0.4, 0.5) is 10.8 Å². The Balaban J connectivity index is 0.00000304. The van der Waals surface area contributed by atoms with Gasteiger partial charge in [0.1, 0.15) is 0 Å². The van der Waals surface area contributed by atoms with Gasteiger partial charge in [0.05, 0.1) is 29.1 Å². The lowest BCUT2D eigenvalue weighted by Gasteiger charge is -2.29. The molecule has 0 N–H and O–H groups in total. The molecule has 36 heavy (non-hydrogen) atoms. The molecular weight excluding hydrogens is 523 g/mol. The molecule has 0 atom stereocenters. The zero-order chi connectivity index (χ0) is 24.5. The fourth-order valence-corrected chi connectivity index (χ4v) is 5.85. The van der Waals surface area contributed by atoms with Crippen LogP contribution in [0.2, 0.25) is 5.02 Å². The van der Waals surface area contributed by atoms with E-state index in [9.17, 15) is 14.4 Å². The molecule has 3 aromatic rings. The van der Waals surface area contributed by atoms with E-state index < -0.39 is 0 Å². The summed E-state index contributed by atoms with van der Waals surface area (Å²) in [7, 11) is 0. The molecule has 2 aliphatic rings. The lowest BCUT2D eigenvalue weighted by atomic mass is 10.1. The van der Waals surface area contributed by atoms with Gasteiger partial charge in [-0.2, -0.15) is 0 Å². The number of anilines is 2. The summed E-state index contributed by atoms with van der Waals surface area (Å²) in [4.78, 5) is 48.2. The standard InChI is InChI=1S/C25H25ClN4O4S.ClH/c1-16-13-18(26)15-20-23(16)27-25(35-20)29(8-7-28-9-11-34-12-10-28)24(33)17-3-2-4-19(14-17)30-21(31)5-6-22(30)32;/h2-4,13-15H,5-12H2,1H3;1H. The third kappa shape index (κ3) is 5.40. The van der Waals surface area contributed by atoms with Crippen LogP contribution in [0.5, 0.6) is 0 Å². The van der Waals surface area contributed by atoms with Crippen LogP contribution in [0.1, 0.15) is 28.8 Å². The van der Waals surface area contributed by atoms with E-state index in [4.69, 9.17) is 21.3 Å². The molecule has 2 fully saturated rings. The Morgan fingerprint density at radius 3 is 2.58 bits per heavy atom. The first kappa shape index (κ1) is 26.5. The van der Waals surface area contributed by atoms with Crippen molar-refractivity contribution >= 4 is 74.1 Å². The summed E-state index contributed by atoms with van der Waals surface area (Å²) < 4.78 is 6.36. The van der Waals surface area contributed by atoms with Gasteiger partial charge in [0.15, 0.2) is 5.13 Å². The van der Waals surface area contributed by atoms with Crippen LogP contribution in [0, 0.1) is 6.92 Å². The minimum Gasteiger partial charge on any atom is -0.379 e. The number of aryl methyl sites for hydroxylation is 1. The number of aromatic nitrogens is 1. The molecule has 190 valence electrons. The van der Waals surface area contributed by atoms with Gasteiger partial charge < -0.3 is 4.74 Å². The number of fused-ring (bicyclic) bond motifs is 1. The highest BCUT2D eigenvalue weighted by atomic mass is 35.5. The molecule has 0 aliphatic carbocycles. The molecule has 2 aromatic carbocycles. The van der Waals surface area contributed by atoms with Gasteiger partial charge in [-0.15, -0.1) is 12.4 Å². The number of halogens is 2. The summed E-state index contributed by atoms with van der Waals surface area (Å²) in [5.74, 6) is -0.730. The third-order valence-electron chi connectivity index (χ3n) is 6.26. The summed E-state index contributed by atoms with van der Waals surface area (Å²) in [6, 6.07) is 10.4. The van der Waals surface area contributed by atoms with Crippen LogP contribution in [-0.2, 0) is 14.3 Å². The Labute approximate surface area is 224 Å². The van der Waals surface area contributed by atoms with E-state index >= 15 is 0 Å². The van der Waals surface area contributed by atoms with Crippen LogP contribution in [-0.4, -0.2) is 67.0 Å². The number of hydrogen-bond donors (Lipinski definition) is 0. The van der Waals surface area contributed by atoms with Gasteiger partial charge in [0, 0.05) is 49.6 Å². The number of nitrogens with zero attached hydrogens (tertiary/aromatic N) is 4. The van der Waals surface area contributed by atoms with Crippen molar-refractivity contribution < 1.29 is 19.1 Å². The molecule has 1 aromatic heterocycles. The number of imide groups is 1. The highest BCUT2D eigenvalue weighted by Crippen LogP contribution is 2.34. The number of thiazole rings is 1. The molecule has 0 unspecified atom stereocenters. The van der Waals surface area contributed by atoms with Crippen molar-refractivity contribution in [1.82, 2.24) is 9.88 Å². The van der Waals surface area contributed by atoms with Crippen molar-refractivity contribution in [3.05, 3.63) is 52.5 Å². The number of amides is 3. The van der Waals surface area contributed by atoms with E-state index in [0.29, 0.717) is 47.7 Å². The molecular formula is C25H26Cl2N4O4S. The minimum atomic E-state index is -0.248.